The maximum Gasteiger partial charge on any atom is 0.351 e. The van der Waals surface area contributed by atoms with Gasteiger partial charge in [0.05, 0.1) is 39.9 Å². The van der Waals surface area contributed by atoms with Crippen LogP contribution in [0.1, 0.15) is 67.4 Å². The van der Waals surface area contributed by atoms with Crippen LogP contribution in [0.3, 0.4) is 0 Å². The van der Waals surface area contributed by atoms with E-state index in [1.165, 1.54) is 12.3 Å². The molecule has 5 atom stereocenters. The predicted octanol–water partition coefficient (Wildman–Crippen LogP) is 8.42. The van der Waals surface area contributed by atoms with E-state index in [0.29, 0.717) is 17.1 Å². The summed E-state index contributed by atoms with van der Waals surface area (Å²) in [5, 5.41) is 12.0. The lowest BCUT2D eigenvalue weighted by Gasteiger charge is -2.39. The zero-order chi connectivity index (χ0) is 43.5. The highest BCUT2D eigenvalue weighted by atomic mass is 31.2. The number of anilines is 1. The zero-order valence-electron chi connectivity index (χ0n) is 35.0. The fourth-order valence-electron chi connectivity index (χ4n) is 7.31. The smallest absolute Gasteiger partial charge is 0.351 e. The Morgan fingerprint density at radius 2 is 1.44 bits per heavy atom. The summed E-state index contributed by atoms with van der Waals surface area (Å²) >= 11 is 0. The monoisotopic (exact) mass is 851 g/mol. The van der Waals surface area contributed by atoms with Crippen molar-refractivity contribution >= 4 is 20.3 Å². The van der Waals surface area contributed by atoms with Gasteiger partial charge < -0.3 is 33.3 Å². The number of benzene rings is 4. The second-order valence-corrected chi connectivity index (χ2v) is 16.2. The first-order valence-corrected chi connectivity index (χ1v) is 21.1. The Balaban J connectivity index is 1.42. The lowest BCUT2D eigenvalue weighted by atomic mass is 9.80. The second-order valence-electron chi connectivity index (χ2n) is 14.8. The molecule has 0 saturated carbocycles. The molecule has 0 spiro atoms. The molecule has 1 amide bonds. The van der Waals surface area contributed by atoms with Crippen molar-refractivity contribution in [2.45, 2.75) is 76.4 Å². The first-order chi connectivity index (χ1) is 29.5. The minimum Gasteiger partial charge on any atom is -0.497 e. The highest BCUT2D eigenvalue weighted by Crippen LogP contribution is 2.51. The van der Waals surface area contributed by atoms with Crippen molar-refractivity contribution in [2.24, 2.45) is 0 Å². The molecule has 1 N–H and O–H groups in total. The zero-order valence-corrected chi connectivity index (χ0v) is 35.9. The number of aromatic nitrogens is 2. The first kappa shape index (κ1) is 45.0. The molecule has 0 bridgehead atoms. The molecule has 5 aromatic rings. The minimum absolute atomic E-state index is 0.0123. The van der Waals surface area contributed by atoms with E-state index >= 15 is 4.39 Å². The standard InChI is InChI=1S/C46H51FN5O8P/c1-31(2)52(32(3)4)61(58-29-13-27-48)60-42-39(59-44(41(42)47)51-28-26-40(50-45(51)54)49-43(53)33-14-9-7-10-15-33)30-57-46(34-16-11-8-12-17-34,35-18-22-37(55-5)23-19-35)36-20-24-38(56-6)25-21-36/h7-12,14-26,28,31-32,39,41-42,44H,13,29-30H2,1-6H3,(H,49,50,53,54)/t39-,41?,42-,44-,61?/m1/s1. The van der Waals surface area contributed by atoms with Crippen LogP contribution in [0.5, 0.6) is 11.5 Å². The highest BCUT2D eigenvalue weighted by molar-refractivity contribution is 7.44. The van der Waals surface area contributed by atoms with Crippen molar-refractivity contribution < 1.29 is 37.2 Å². The third-order valence-corrected chi connectivity index (χ3v) is 12.3. The van der Waals surface area contributed by atoms with Crippen molar-refractivity contribution in [1.82, 2.24) is 14.2 Å². The van der Waals surface area contributed by atoms with Crippen molar-refractivity contribution in [3.63, 3.8) is 0 Å². The van der Waals surface area contributed by atoms with Gasteiger partial charge in [0.15, 0.2) is 12.4 Å². The van der Waals surface area contributed by atoms with Crippen LogP contribution in [0.2, 0.25) is 0 Å². The largest absolute Gasteiger partial charge is 0.497 e. The molecule has 2 unspecified atom stereocenters. The lowest BCUT2D eigenvalue weighted by Crippen LogP contribution is -2.41. The van der Waals surface area contributed by atoms with Gasteiger partial charge >= 0.3 is 5.69 Å². The van der Waals surface area contributed by atoms with E-state index < -0.39 is 50.3 Å². The van der Waals surface area contributed by atoms with E-state index in [2.05, 4.69) is 16.4 Å². The SMILES string of the molecule is COc1ccc(C(OC[C@H]2O[C@@H](n3ccc(NC(=O)c4ccccc4)nc3=O)C(F)[C@@H]2OP(OCCC#N)N(C(C)C)C(C)C)(c2ccccc2)c2ccc(OC)cc2)cc1. The quantitative estimate of drug-likeness (QED) is 0.0485. The molecule has 2 heterocycles. The Hall–Kier alpha value is -5.52. The number of nitriles is 1. The van der Waals surface area contributed by atoms with E-state index in [-0.39, 0.29) is 37.5 Å². The molecule has 0 aliphatic carbocycles. The maximum absolute atomic E-state index is 17.4. The van der Waals surface area contributed by atoms with Gasteiger partial charge in [-0.1, -0.05) is 72.8 Å². The average molecular weight is 852 g/mol. The number of halogens is 1. The maximum atomic E-state index is 17.4. The van der Waals surface area contributed by atoms with Crippen LogP contribution < -0.4 is 20.5 Å². The number of carbonyl (C=O) groups is 1. The van der Waals surface area contributed by atoms with Crippen molar-refractivity contribution in [1.29, 1.82) is 5.26 Å². The van der Waals surface area contributed by atoms with Crippen LogP contribution in [-0.4, -0.2) is 78.0 Å². The van der Waals surface area contributed by atoms with Gasteiger partial charge in [0.25, 0.3) is 14.4 Å². The number of hydrogen-bond donors (Lipinski definition) is 1. The minimum atomic E-state index is -1.97. The van der Waals surface area contributed by atoms with E-state index in [4.69, 9.17) is 28.0 Å². The van der Waals surface area contributed by atoms with Gasteiger partial charge in [-0.25, -0.2) is 13.9 Å². The number of nitrogens with zero attached hydrogens (tertiary/aromatic N) is 4. The van der Waals surface area contributed by atoms with E-state index in [1.807, 2.05) is 111 Å². The van der Waals surface area contributed by atoms with Crippen LogP contribution >= 0.6 is 8.53 Å². The number of ether oxygens (including phenoxy) is 4. The predicted molar refractivity (Wildman–Crippen MR) is 230 cm³/mol. The molecular weight excluding hydrogens is 801 g/mol. The summed E-state index contributed by atoms with van der Waals surface area (Å²) in [5.41, 5.74) is 0.498. The summed E-state index contributed by atoms with van der Waals surface area (Å²) in [6, 6.07) is 36.5. The summed E-state index contributed by atoms with van der Waals surface area (Å²) in [5.74, 6) is 0.814. The summed E-state index contributed by atoms with van der Waals surface area (Å²) in [4.78, 5) is 30.6. The Morgan fingerprint density at radius 3 is 1.97 bits per heavy atom. The Labute approximate surface area is 356 Å². The van der Waals surface area contributed by atoms with E-state index in [9.17, 15) is 14.9 Å². The molecule has 4 aromatic carbocycles. The molecule has 15 heteroatoms. The van der Waals surface area contributed by atoms with Crippen molar-refractivity contribution in [3.8, 4) is 17.6 Å². The molecule has 1 fully saturated rings. The van der Waals surface area contributed by atoms with Gasteiger partial charge in [-0.05, 0) is 86.8 Å². The van der Waals surface area contributed by atoms with Gasteiger partial charge in [-0.2, -0.15) is 10.2 Å². The molecule has 6 rings (SSSR count). The van der Waals surface area contributed by atoms with Crippen molar-refractivity contribution in [3.05, 3.63) is 154 Å². The lowest BCUT2D eigenvalue weighted by molar-refractivity contribution is -0.0934. The molecular formula is C46H51FN5O8P. The van der Waals surface area contributed by atoms with E-state index in [0.717, 1.165) is 21.3 Å². The van der Waals surface area contributed by atoms with Crippen molar-refractivity contribution in [2.75, 3.05) is 32.8 Å². The van der Waals surface area contributed by atoms with Crippen LogP contribution in [0.15, 0.2) is 126 Å². The fraction of sp³-hybridized carbons (Fsp3) is 0.348. The summed E-state index contributed by atoms with van der Waals surface area (Å²) in [6.07, 6.45) is -4.46. The van der Waals surface area contributed by atoms with Crippen LogP contribution in [0.4, 0.5) is 10.2 Å². The van der Waals surface area contributed by atoms with Crippen LogP contribution in [0.25, 0.3) is 0 Å². The highest BCUT2D eigenvalue weighted by Gasteiger charge is 2.51. The average Bonchev–Trinajstić information content (AvgIpc) is 3.58. The normalized spacial score (nSPS) is 18.2. The first-order valence-electron chi connectivity index (χ1n) is 20.0. The second kappa shape index (κ2) is 20.8. The number of amides is 1. The summed E-state index contributed by atoms with van der Waals surface area (Å²) in [7, 11) is 1.22. The fourth-order valence-corrected chi connectivity index (χ4v) is 9.08. The van der Waals surface area contributed by atoms with Gasteiger partial charge in [0, 0.05) is 23.8 Å². The van der Waals surface area contributed by atoms with Gasteiger partial charge in [-0.15, -0.1) is 0 Å². The third-order valence-electron chi connectivity index (χ3n) is 10.2. The van der Waals surface area contributed by atoms with Gasteiger partial charge in [-0.3, -0.25) is 9.36 Å². The molecule has 1 aliphatic heterocycles. The number of nitrogens with one attached hydrogen (secondary N) is 1. The van der Waals surface area contributed by atoms with Gasteiger partial charge in [0.1, 0.15) is 35.1 Å². The van der Waals surface area contributed by atoms with Gasteiger partial charge in [0.2, 0.25) is 0 Å². The van der Waals surface area contributed by atoms with Crippen LogP contribution in [0, 0.1) is 11.3 Å². The third kappa shape index (κ3) is 10.3. The topological polar surface area (TPSA) is 146 Å². The number of rotatable bonds is 19. The molecule has 1 aromatic heterocycles. The molecule has 61 heavy (non-hydrogen) atoms. The number of methoxy groups -OCH3 is 2. The summed E-state index contributed by atoms with van der Waals surface area (Å²) < 4.78 is 58.0. The molecule has 1 aliphatic rings. The Kier molecular flexibility index (Phi) is 15.4. The number of hydrogen-bond acceptors (Lipinski definition) is 11. The molecule has 13 nitrogen and oxygen atoms in total. The Bertz CT molecular complexity index is 2220. The number of alkyl halides is 1. The molecule has 0 radical (unpaired) electrons. The number of carbonyl (C=O) groups excluding carboxylic acids is 1. The summed E-state index contributed by atoms with van der Waals surface area (Å²) in [6.45, 7) is 7.75. The Morgan fingerprint density at radius 1 is 0.885 bits per heavy atom. The van der Waals surface area contributed by atoms with Crippen LogP contribution in [-0.2, 0) is 24.1 Å². The molecule has 320 valence electrons. The van der Waals surface area contributed by atoms with E-state index in [1.54, 1.807) is 44.6 Å². The molecule has 1 saturated heterocycles.